The third-order valence-corrected chi connectivity index (χ3v) is 5.93. The number of rotatable bonds is 6. The number of carbonyl (C=O) groups excluding carboxylic acids is 2. The van der Waals surface area contributed by atoms with Crippen LogP contribution in [0.5, 0.6) is 0 Å². The third kappa shape index (κ3) is 3.55. The molecule has 2 heterocycles. The van der Waals surface area contributed by atoms with Crippen molar-refractivity contribution >= 4 is 28.8 Å². The Hall–Kier alpha value is -2.44. The molecule has 6 heteroatoms. The number of hydrogen-bond acceptors (Lipinski definition) is 5. The first-order valence-corrected chi connectivity index (χ1v) is 9.78. The highest BCUT2D eigenvalue weighted by atomic mass is 32.1. The van der Waals surface area contributed by atoms with E-state index in [9.17, 15) is 14.7 Å². The molecular weight excluding hydrogens is 362 g/mol. The van der Waals surface area contributed by atoms with Crippen molar-refractivity contribution in [3.8, 4) is 0 Å². The number of benzene rings is 1. The molecule has 142 valence electrons. The second-order valence-corrected chi connectivity index (χ2v) is 7.45. The highest BCUT2D eigenvalue weighted by molar-refractivity contribution is 7.10. The molecule has 1 N–H and O–H groups in total. The summed E-state index contributed by atoms with van der Waals surface area (Å²) in [5, 5.41) is 12.9. The normalized spacial score (nSPS) is 19.1. The number of nitrogens with zero attached hydrogens (tertiary/aromatic N) is 1. The molecule has 1 aromatic carbocycles. The fraction of sp³-hybridized carbons (Fsp3) is 0.333. The molecule has 1 atom stereocenters. The first-order chi connectivity index (χ1) is 13.0. The van der Waals surface area contributed by atoms with Crippen LogP contribution in [0.4, 0.5) is 0 Å². The Labute approximate surface area is 162 Å². The number of aliphatic hydroxyl groups is 1. The zero-order valence-electron chi connectivity index (χ0n) is 15.7. The number of aliphatic hydroxyl groups excluding tert-OH is 1. The Balaban J connectivity index is 2.13. The van der Waals surface area contributed by atoms with Crippen LogP contribution in [0.25, 0.3) is 5.76 Å². The molecule has 1 fully saturated rings. The summed E-state index contributed by atoms with van der Waals surface area (Å²) in [7, 11) is 1.55. The molecule has 1 saturated heterocycles. The van der Waals surface area contributed by atoms with Gasteiger partial charge in [0, 0.05) is 24.1 Å². The van der Waals surface area contributed by atoms with E-state index in [1.165, 1.54) is 16.2 Å². The lowest BCUT2D eigenvalue weighted by Crippen LogP contribution is -2.32. The van der Waals surface area contributed by atoms with Gasteiger partial charge in [-0.15, -0.1) is 11.3 Å². The molecule has 0 radical (unpaired) electrons. The van der Waals surface area contributed by atoms with E-state index < -0.39 is 17.7 Å². The predicted molar refractivity (Wildman–Crippen MR) is 106 cm³/mol. The molecule has 1 amide bonds. The van der Waals surface area contributed by atoms with E-state index in [0.29, 0.717) is 12.2 Å². The summed E-state index contributed by atoms with van der Waals surface area (Å²) in [5.41, 5.74) is 2.81. The number of thiophene rings is 1. The van der Waals surface area contributed by atoms with Crippen molar-refractivity contribution in [1.29, 1.82) is 0 Å². The predicted octanol–water partition coefficient (Wildman–Crippen LogP) is 3.69. The second-order valence-electron chi connectivity index (χ2n) is 6.50. The van der Waals surface area contributed by atoms with E-state index >= 15 is 0 Å². The van der Waals surface area contributed by atoms with Gasteiger partial charge in [-0.2, -0.15) is 0 Å². The number of likely N-dealkylation sites (tertiary alicyclic amines) is 1. The molecule has 1 unspecified atom stereocenters. The molecule has 2 aromatic rings. The average Bonchev–Trinajstić information content (AvgIpc) is 3.21. The van der Waals surface area contributed by atoms with Crippen LogP contribution < -0.4 is 0 Å². The molecule has 27 heavy (non-hydrogen) atoms. The van der Waals surface area contributed by atoms with Crippen molar-refractivity contribution in [3.63, 3.8) is 0 Å². The number of amides is 1. The van der Waals surface area contributed by atoms with Crippen LogP contribution >= 0.6 is 11.3 Å². The molecule has 5 nitrogen and oxygen atoms in total. The van der Waals surface area contributed by atoms with Gasteiger partial charge in [-0.3, -0.25) is 9.59 Å². The number of Topliss-reactive ketones (excluding diaryl/α,β-unsaturated/α-hetero) is 1. The lowest BCUT2D eigenvalue weighted by atomic mass is 9.97. The van der Waals surface area contributed by atoms with Crippen molar-refractivity contribution in [2.45, 2.75) is 26.3 Å². The van der Waals surface area contributed by atoms with Gasteiger partial charge < -0.3 is 14.7 Å². The minimum Gasteiger partial charge on any atom is -0.507 e. The third-order valence-electron chi connectivity index (χ3n) is 4.86. The van der Waals surface area contributed by atoms with Crippen LogP contribution in [0.15, 0.2) is 41.3 Å². The summed E-state index contributed by atoms with van der Waals surface area (Å²) in [4.78, 5) is 27.8. The van der Waals surface area contributed by atoms with E-state index in [2.05, 4.69) is 6.92 Å². The first-order valence-electron chi connectivity index (χ1n) is 8.90. The minimum atomic E-state index is -0.652. The maximum Gasteiger partial charge on any atom is 0.295 e. The van der Waals surface area contributed by atoms with Crippen molar-refractivity contribution in [1.82, 2.24) is 4.90 Å². The molecule has 0 aliphatic carbocycles. The number of aryl methyl sites for hydroxylation is 2. The van der Waals surface area contributed by atoms with E-state index in [0.717, 1.165) is 22.4 Å². The molecule has 1 aliphatic heterocycles. The van der Waals surface area contributed by atoms with Crippen LogP contribution in [0.1, 0.15) is 34.5 Å². The Kier molecular flexibility index (Phi) is 5.77. The number of ketones is 1. The lowest BCUT2D eigenvalue weighted by molar-refractivity contribution is -0.140. The van der Waals surface area contributed by atoms with Gasteiger partial charge in [0.1, 0.15) is 5.76 Å². The zero-order valence-corrected chi connectivity index (χ0v) is 16.5. The van der Waals surface area contributed by atoms with Crippen molar-refractivity contribution < 1.29 is 19.4 Å². The largest absolute Gasteiger partial charge is 0.507 e. The first kappa shape index (κ1) is 19.3. The van der Waals surface area contributed by atoms with E-state index in [-0.39, 0.29) is 17.9 Å². The van der Waals surface area contributed by atoms with E-state index in [1.807, 2.05) is 30.5 Å². The quantitative estimate of drug-likeness (QED) is 0.468. The van der Waals surface area contributed by atoms with Gasteiger partial charge in [0.25, 0.3) is 11.7 Å². The van der Waals surface area contributed by atoms with Gasteiger partial charge in [-0.05, 0) is 35.9 Å². The summed E-state index contributed by atoms with van der Waals surface area (Å²) >= 11 is 1.48. The molecule has 3 rings (SSSR count). The summed E-state index contributed by atoms with van der Waals surface area (Å²) in [6.07, 6.45) is 0.886. The van der Waals surface area contributed by atoms with Gasteiger partial charge in [0.15, 0.2) is 0 Å². The molecular formula is C21H23NO4S. The fourth-order valence-electron chi connectivity index (χ4n) is 3.29. The molecule has 0 bridgehead atoms. The second kappa shape index (κ2) is 8.06. The smallest absolute Gasteiger partial charge is 0.295 e. The Morgan fingerprint density at radius 1 is 1.22 bits per heavy atom. The molecule has 1 aromatic heterocycles. The Bertz CT molecular complexity index is 882. The number of carbonyl (C=O) groups is 2. The average molecular weight is 385 g/mol. The summed E-state index contributed by atoms with van der Waals surface area (Å²) in [6.45, 7) is 4.60. The maximum atomic E-state index is 12.8. The fourth-order valence-corrected chi connectivity index (χ4v) is 4.34. The van der Waals surface area contributed by atoms with E-state index in [1.54, 1.807) is 19.2 Å². The van der Waals surface area contributed by atoms with Crippen molar-refractivity contribution in [2.24, 2.45) is 0 Å². The van der Waals surface area contributed by atoms with Gasteiger partial charge in [-0.25, -0.2) is 0 Å². The molecule has 0 saturated carbocycles. The lowest BCUT2D eigenvalue weighted by Gasteiger charge is -2.24. The van der Waals surface area contributed by atoms with Gasteiger partial charge in [0.2, 0.25) is 0 Å². The van der Waals surface area contributed by atoms with Crippen LogP contribution in [-0.2, 0) is 20.7 Å². The zero-order chi connectivity index (χ0) is 19.6. The number of ether oxygens (including phenoxy) is 1. The van der Waals surface area contributed by atoms with E-state index in [4.69, 9.17) is 4.74 Å². The molecule has 0 spiro atoms. The molecule has 1 aliphatic rings. The number of methoxy groups -OCH3 is 1. The minimum absolute atomic E-state index is 0.131. The van der Waals surface area contributed by atoms with Crippen LogP contribution in [0.3, 0.4) is 0 Å². The standard InChI is InChI=1S/C21H23NO4S/c1-4-14-5-7-15(8-6-14)18(23)16-17(20-13(2)9-12-27-20)22(10-11-26-3)21(25)19(16)24/h5-9,12,17,23H,4,10-11H2,1-3H3/b18-16-. The summed E-state index contributed by atoms with van der Waals surface area (Å²) < 4.78 is 5.11. The summed E-state index contributed by atoms with van der Waals surface area (Å²) in [5.74, 6) is -1.38. The van der Waals surface area contributed by atoms with Crippen LogP contribution in [0.2, 0.25) is 0 Å². The van der Waals surface area contributed by atoms with Crippen LogP contribution in [0, 0.1) is 6.92 Å². The van der Waals surface area contributed by atoms with Gasteiger partial charge in [0.05, 0.1) is 18.2 Å². The Morgan fingerprint density at radius 3 is 2.48 bits per heavy atom. The van der Waals surface area contributed by atoms with Gasteiger partial charge in [-0.1, -0.05) is 31.2 Å². The Morgan fingerprint density at radius 2 is 1.93 bits per heavy atom. The SMILES string of the molecule is CCc1ccc(/C(O)=C2/C(=O)C(=O)N(CCOC)C2c2sccc2C)cc1. The van der Waals surface area contributed by atoms with Crippen LogP contribution in [-0.4, -0.2) is 42.0 Å². The van der Waals surface area contributed by atoms with Crippen molar-refractivity contribution in [2.75, 3.05) is 20.3 Å². The topological polar surface area (TPSA) is 66.8 Å². The highest BCUT2D eigenvalue weighted by Crippen LogP contribution is 2.42. The summed E-state index contributed by atoms with van der Waals surface area (Å²) in [6, 6.07) is 8.77. The maximum absolute atomic E-state index is 12.8. The highest BCUT2D eigenvalue weighted by Gasteiger charge is 2.46. The number of hydrogen-bond donors (Lipinski definition) is 1. The van der Waals surface area contributed by atoms with Gasteiger partial charge >= 0.3 is 0 Å². The monoisotopic (exact) mass is 385 g/mol. The van der Waals surface area contributed by atoms with Crippen molar-refractivity contribution in [3.05, 3.63) is 62.9 Å².